The van der Waals surface area contributed by atoms with Gasteiger partial charge in [0, 0.05) is 71.8 Å². The molecule has 0 bridgehead atoms. The summed E-state index contributed by atoms with van der Waals surface area (Å²) in [5, 5.41) is 4.93. The molecule has 11 rings (SSSR count). The number of anilines is 2. The minimum atomic E-state index is -0.0317. The first kappa shape index (κ1) is 38.7. The molecule has 0 unspecified atom stereocenters. The van der Waals surface area contributed by atoms with Crippen molar-refractivity contribution in [2.75, 3.05) is 16.5 Å². The summed E-state index contributed by atoms with van der Waals surface area (Å²) in [4.78, 5) is 9.94. The van der Waals surface area contributed by atoms with Gasteiger partial charge in [0.25, 0.3) is 0 Å². The van der Waals surface area contributed by atoms with E-state index >= 15 is 0 Å². The highest BCUT2D eigenvalue weighted by Gasteiger charge is 2.34. The third-order valence-electron chi connectivity index (χ3n) is 12.5. The summed E-state index contributed by atoms with van der Waals surface area (Å²) in [6.07, 6.45) is 1.94. The van der Waals surface area contributed by atoms with Crippen molar-refractivity contribution in [3.63, 3.8) is 0 Å². The third kappa shape index (κ3) is 6.73. The highest BCUT2D eigenvalue weighted by molar-refractivity contribution is 7.25. The topological polar surface area (TPSA) is 33.5 Å². The average molecular weight is 837 g/mol. The van der Waals surface area contributed by atoms with E-state index in [2.05, 4.69) is 220 Å². The fourth-order valence-corrected chi connectivity index (χ4v) is 10.8. The second-order valence-corrected chi connectivity index (χ2v) is 19.0. The number of pyridine rings is 1. The Labute approximate surface area is 372 Å². The fourth-order valence-electron chi connectivity index (χ4n) is 9.69. The van der Waals surface area contributed by atoms with Crippen molar-refractivity contribution in [2.45, 2.75) is 47.0 Å². The predicted molar refractivity (Wildman–Crippen MR) is 267 cm³/mol. The molecule has 0 saturated heterocycles. The summed E-state index contributed by atoms with van der Waals surface area (Å²) < 4.78 is 11.8. The molecule has 308 valence electrons. The molecule has 5 nitrogen and oxygen atoms in total. The summed E-state index contributed by atoms with van der Waals surface area (Å²) in [6, 6.07) is 59.0. The van der Waals surface area contributed by atoms with Crippen molar-refractivity contribution in [2.24, 2.45) is 0 Å². The van der Waals surface area contributed by atoms with Crippen LogP contribution in [0.15, 0.2) is 170 Å². The van der Waals surface area contributed by atoms with Crippen LogP contribution < -0.4 is 14.5 Å². The van der Waals surface area contributed by atoms with Gasteiger partial charge in [-0.1, -0.05) is 123 Å². The summed E-state index contributed by atoms with van der Waals surface area (Å²) in [6.45, 7) is 14.0. The largest absolute Gasteiger partial charge is 0.457 e. The maximum absolute atomic E-state index is 6.90. The van der Waals surface area contributed by atoms with E-state index in [1.165, 1.54) is 64.8 Å². The van der Waals surface area contributed by atoms with Crippen molar-refractivity contribution < 1.29 is 4.74 Å². The molecule has 0 N–H and O–H groups in total. The lowest BCUT2D eigenvalue weighted by Gasteiger charge is -2.28. The molecule has 3 aromatic heterocycles. The number of fused-ring (bicyclic) bond motifs is 6. The zero-order valence-electron chi connectivity index (χ0n) is 36.5. The first-order valence-corrected chi connectivity index (χ1v) is 22.5. The summed E-state index contributed by atoms with van der Waals surface area (Å²) in [7, 11) is 0. The van der Waals surface area contributed by atoms with Gasteiger partial charge < -0.3 is 14.5 Å². The zero-order chi connectivity index (χ0) is 43.0. The predicted octanol–water partition coefficient (Wildman–Crippen LogP) is 15.4. The highest BCUT2D eigenvalue weighted by Crippen LogP contribution is 2.46. The lowest BCUT2D eigenvalue weighted by atomic mass is 9.88. The molecule has 0 spiro atoms. The van der Waals surface area contributed by atoms with E-state index in [1.807, 2.05) is 17.5 Å². The molecule has 1 aliphatic rings. The van der Waals surface area contributed by atoms with E-state index in [0.717, 1.165) is 50.7 Å². The van der Waals surface area contributed by atoms with Crippen LogP contribution in [0.5, 0.6) is 11.5 Å². The van der Waals surface area contributed by atoms with Crippen molar-refractivity contribution in [3.05, 3.63) is 203 Å². The van der Waals surface area contributed by atoms with Gasteiger partial charge in [0.05, 0.1) is 22.4 Å². The average Bonchev–Trinajstić information content (AvgIpc) is 3.95. The van der Waals surface area contributed by atoms with Crippen molar-refractivity contribution in [3.8, 4) is 17.3 Å². The van der Waals surface area contributed by atoms with E-state index < -0.39 is 0 Å². The summed E-state index contributed by atoms with van der Waals surface area (Å²) in [5.41, 5.74) is 14.1. The van der Waals surface area contributed by atoms with Gasteiger partial charge in [-0.25, -0.2) is 4.98 Å². The highest BCUT2D eigenvalue weighted by atomic mass is 32.1. The number of aryl methyl sites for hydroxylation is 3. The standard InChI is InChI=1S/C57H48N4OS/c1-36-28-37(2)54(38(3)29-36)60-35-59(55(39-16-9-7-10-17-39)56(60)40-18-11-8-12-19-40)42-20-15-21-43(31-42)62-44-24-25-45-47-33-48-46-22-13-14-23-51(46)63-52(48)34-50(47)61(49(45)32-44)53-30-41(26-27-58-53)57(4,5)6/h7-34H,35H2,1-6H3. The molecule has 4 heterocycles. The Morgan fingerprint density at radius 1 is 0.540 bits per heavy atom. The molecule has 0 atom stereocenters. The van der Waals surface area contributed by atoms with Crippen molar-refractivity contribution in [1.29, 1.82) is 0 Å². The van der Waals surface area contributed by atoms with Gasteiger partial charge in [-0.3, -0.25) is 4.57 Å². The van der Waals surface area contributed by atoms with Crippen LogP contribution in [0.1, 0.15) is 54.2 Å². The molecule has 0 radical (unpaired) electrons. The van der Waals surface area contributed by atoms with Crippen LogP contribution in [-0.4, -0.2) is 16.2 Å². The lowest BCUT2D eigenvalue weighted by Crippen LogP contribution is -2.28. The molecule has 7 aromatic carbocycles. The molecule has 10 aromatic rings. The van der Waals surface area contributed by atoms with Gasteiger partial charge in [-0.2, -0.15) is 0 Å². The molecular formula is C57H48N4OS. The van der Waals surface area contributed by atoms with Gasteiger partial charge in [0.1, 0.15) is 24.0 Å². The first-order chi connectivity index (χ1) is 30.6. The minimum absolute atomic E-state index is 0.0317. The first-order valence-electron chi connectivity index (χ1n) is 21.7. The number of rotatable bonds is 7. The van der Waals surface area contributed by atoms with Crippen LogP contribution >= 0.6 is 11.3 Å². The van der Waals surface area contributed by atoms with Crippen LogP contribution in [-0.2, 0) is 5.41 Å². The van der Waals surface area contributed by atoms with Crippen LogP contribution in [0.2, 0.25) is 0 Å². The van der Waals surface area contributed by atoms with E-state index in [1.54, 1.807) is 0 Å². The Balaban J connectivity index is 1.04. The third-order valence-corrected chi connectivity index (χ3v) is 13.6. The number of ether oxygens (including phenoxy) is 1. The van der Waals surface area contributed by atoms with Crippen LogP contribution in [0.25, 0.3) is 59.2 Å². The maximum atomic E-state index is 6.90. The fraction of sp³-hybridized carbons (Fsp3) is 0.140. The quantitative estimate of drug-likeness (QED) is 0.160. The van der Waals surface area contributed by atoms with E-state index in [-0.39, 0.29) is 5.41 Å². The number of aromatic nitrogens is 2. The molecular weight excluding hydrogens is 789 g/mol. The number of hydrogen-bond acceptors (Lipinski definition) is 5. The van der Waals surface area contributed by atoms with Crippen LogP contribution in [0, 0.1) is 20.8 Å². The molecule has 1 aliphatic heterocycles. The molecule has 0 fully saturated rings. The Morgan fingerprint density at radius 3 is 1.94 bits per heavy atom. The van der Waals surface area contributed by atoms with Gasteiger partial charge in [0.15, 0.2) is 0 Å². The Hall–Kier alpha value is -7.15. The number of thiophene rings is 1. The van der Waals surface area contributed by atoms with Crippen molar-refractivity contribution in [1.82, 2.24) is 9.55 Å². The minimum Gasteiger partial charge on any atom is -0.457 e. The molecule has 6 heteroatoms. The molecule has 0 aliphatic carbocycles. The van der Waals surface area contributed by atoms with Crippen LogP contribution in [0.4, 0.5) is 11.4 Å². The lowest BCUT2D eigenvalue weighted by molar-refractivity contribution is 0.483. The van der Waals surface area contributed by atoms with Gasteiger partial charge >= 0.3 is 0 Å². The molecule has 0 saturated carbocycles. The van der Waals surface area contributed by atoms with E-state index in [4.69, 9.17) is 9.72 Å². The van der Waals surface area contributed by atoms with Crippen molar-refractivity contribution >= 4 is 76.1 Å². The SMILES string of the molecule is Cc1cc(C)c(N2CN(c3cccc(Oc4ccc5c6cc7c(cc6n(-c6cc(C(C)(C)C)ccn6)c5c4)sc4ccccc47)c3)C(c3ccccc3)=C2c2ccccc2)c(C)c1. The Morgan fingerprint density at radius 2 is 1.21 bits per heavy atom. The van der Waals surface area contributed by atoms with E-state index in [0.29, 0.717) is 6.67 Å². The van der Waals surface area contributed by atoms with E-state index in [9.17, 15) is 0 Å². The monoisotopic (exact) mass is 836 g/mol. The zero-order valence-corrected chi connectivity index (χ0v) is 37.3. The number of nitrogens with zero attached hydrogens (tertiary/aromatic N) is 4. The van der Waals surface area contributed by atoms with Gasteiger partial charge in [0.2, 0.25) is 0 Å². The summed E-state index contributed by atoms with van der Waals surface area (Å²) >= 11 is 1.84. The summed E-state index contributed by atoms with van der Waals surface area (Å²) in [5.74, 6) is 2.43. The van der Waals surface area contributed by atoms with Gasteiger partial charge in [-0.05, 0) is 97.5 Å². The Bertz CT molecular complexity index is 3400. The number of benzene rings is 7. The molecule has 63 heavy (non-hydrogen) atoms. The maximum Gasteiger partial charge on any atom is 0.137 e. The second kappa shape index (κ2) is 15.0. The van der Waals surface area contributed by atoms with Gasteiger partial charge in [-0.15, -0.1) is 11.3 Å². The number of hydrogen-bond donors (Lipinski definition) is 0. The molecule has 0 amide bonds. The second-order valence-electron chi connectivity index (χ2n) is 17.9. The normalized spacial score (nSPS) is 13.4. The Kier molecular flexibility index (Phi) is 9.25. The smallest absolute Gasteiger partial charge is 0.137 e. The van der Waals surface area contributed by atoms with Crippen LogP contribution in [0.3, 0.4) is 0 Å².